The van der Waals surface area contributed by atoms with E-state index in [2.05, 4.69) is 17.5 Å². The number of ether oxygens (including phenoxy) is 2. The Morgan fingerprint density at radius 2 is 1.54 bits per heavy atom. The summed E-state index contributed by atoms with van der Waals surface area (Å²) in [5, 5.41) is 4.59. The van der Waals surface area contributed by atoms with Crippen LogP contribution in [0.1, 0.15) is 94.0 Å². The lowest BCUT2D eigenvalue weighted by atomic mass is 10.1. The van der Waals surface area contributed by atoms with Crippen molar-refractivity contribution in [3.63, 3.8) is 0 Å². The molecule has 0 fully saturated rings. The molecule has 1 amide bonds. The lowest BCUT2D eigenvalue weighted by molar-refractivity contribution is -0.121. The maximum Gasteiger partial charge on any atom is 0.343 e. The molecule has 0 bridgehead atoms. The minimum atomic E-state index is -0.507. The van der Waals surface area contributed by atoms with Gasteiger partial charge >= 0.3 is 5.97 Å². The van der Waals surface area contributed by atoms with Gasteiger partial charge in [0.05, 0.1) is 18.4 Å². The Morgan fingerprint density at radius 1 is 0.886 bits per heavy atom. The molecule has 2 aromatic carbocycles. The zero-order valence-electron chi connectivity index (χ0n) is 20.9. The van der Waals surface area contributed by atoms with E-state index in [0.29, 0.717) is 40.7 Å². The second-order valence-electron chi connectivity index (χ2n) is 8.41. The molecule has 2 rings (SSSR count). The van der Waals surface area contributed by atoms with Gasteiger partial charge in [-0.1, -0.05) is 69.9 Å². The van der Waals surface area contributed by atoms with E-state index in [0.717, 1.165) is 12.8 Å². The van der Waals surface area contributed by atoms with Gasteiger partial charge in [0.15, 0.2) is 11.5 Å². The number of rotatable bonds is 16. The number of benzene rings is 2. The largest absolute Gasteiger partial charge is 0.490 e. The summed E-state index contributed by atoms with van der Waals surface area (Å²) in [5.74, 6) is 0.119. The number of esters is 1. The number of hydrogen-bond acceptors (Lipinski definition) is 5. The van der Waals surface area contributed by atoms with Crippen molar-refractivity contribution in [1.82, 2.24) is 5.43 Å². The van der Waals surface area contributed by atoms with Crippen molar-refractivity contribution in [2.45, 2.75) is 78.1 Å². The second-order valence-corrected chi connectivity index (χ2v) is 8.84. The summed E-state index contributed by atoms with van der Waals surface area (Å²) >= 11 is 5.87. The fraction of sp³-hybridized carbons (Fsp3) is 0.464. The SMILES string of the molecule is CCCCCCCCCCCC(=O)NN=Cc1ccc(OC(=O)c2ccc(Cl)cc2)c(OCC)c1. The summed E-state index contributed by atoms with van der Waals surface area (Å²) in [6, 6.07) is 11.6. The topological polar surface area (TPSA) is 77.0 Å². The molecule has 0 atom stereocenters. The van der Waals surface area contributed by atoms with Crippen molar-refractivity contribution in [3.8, 4) is 11.5 Å². The van der Waals surface area contributed by atoms with Crippen LogP contribution >= 0.6 is 11.6 Å². The van der Waals surface area contributed by atoms with Crippen LogP contribution in [0.5, 0.6) is 11.5 Å². The van der Waals surface area contributed by atoms with E-state index in [4.69, 9.17) is 21.1 Å². The Hall–Kier alpha value is -2.86. The van der Waals surface area contributed by atoms with Crippen LogP contribution in [0.2, 0.25) is 5.02 Å². The van der Waals surface area contributed by atoms with E-state index < -0.39 is 5.97 Å². The molecule has 0 saturated heterocycles. The number of carbonyl (C=O) groups excluding carboxylic acids is 2. The van der Waals surface area contributed by atoms with Gasteiger partial charge in [-0.3, -0.25) is 4.79 Å². The number of hydrogen-bond donors (Lipinski definition) is 1. The summed E-state index contributed by atoms with van der Waals surface area (Å²) < 4.78 is 11.1. The Balaban J connectivity index is 1.77. The molecule has 0 aromatic heterocycles. The third-order valence-electron chi connectivity index (χ3n) is 5.46. The first-order valence-corrected chi connectivity index (χ1v) is 13.0. The highest BCUT2D eigenvalue weighted by Gasteiger charge is 2.13. The van der Waals surface area contributed by atoms with Gasteiger partial charge in [-0.25, -0.2) is 10.2 Å². The number of hydrazone groups is 1. The first-order chi connectivity index (χ1) is 17.0. The number of nitrogens with one attached hydrogen (secondary N) is 1. The van der Waals surface area contributed by atoms with Crippen LogP contribution in [-0.4, -0.2) is 24.7 Å². The maximum atomic E-state index is 12.4. The highest BCUT2D eigenvalue weighted by molar-refractivity contribution is 6.30. The van der Waals surface area contributed by atoms with Crippen molar-refractivity contribution >= 4 is 29.7 Å². The molecule has 6 nitrogen and oxygen atoms in total. The van der Waals surface area contributed by atoms with Gasteiger partial charge in [0.1, 0.15) is 0 Å². The summed E-state index contributed by atoms with van der Waals surface area (Å²) in [7, 11) is 0. The van der Waals surface area contributed by atoms with E-state index >= 15 is 0 Å². The minimum Gasteiger partial charge on any atom is -0.490 e. The number of halogens is 1. The Morgan fingerprint density at radius 3 is 2.20 bits per heavy atom. The summed E-state index contributed by atoms with van der Waals surface area (Å²) in [6.45, 7) is 4.48. The zero-order chi connectivity index (χ0) is 25.3. The zero-order valence-corrected chi connectivity index (χ0v) is 21.6. The standard InChI is InChI=1S/C28H37ClN2O4/c1-3-5-6-7-8-9-10-11-12-13-27(32)31-30-21-22-14-19-25(26(20-22)34-4-2)35-28(33)23-15-17-24(29)18-16-23/h14-21H,3-13H2,1-2H3,(H,31,32). The van der Waals surface area contributed by atoms with E-state index in [1.54, 1.807) is 48.7 Å². The van der Waals surface area contributed by atoms with Gasteiger partial charge in [-0.05, 0) is 61.4 Å². The van der Waals surface area contributed by atoms with E-state index in [1.807, 2.05) is 6.92 Å². The first-order valence-electron chi connectivity index (χ1n) is 12.6. The maximum absolute atomic E-state index is 12.4. The van der Waals surface area contributed by atoms with Gasteiger partial charge < -0.3 is 9.47 Å². The molecule has 2 aromatic rings. The average molecular weight is 501 g/mol. The quantitative estimate of drug-likeness (QED) is 0.0860. The third-order valence-corrected chi connectivity index (χ3v) is 5.71. The van der Waals surface area contributed by atoms with Crippen molar-refractivity contribution in [2.75, 3.05) is 6.61 Å². The lowest BCUT2D eigenvalue weighted by Crippen LogP contribution is -2.16. The summed E-state index contributed by atoms with van der Waals surface area (Å²) in [5.41, 5.74) is 3.67. The van der Waals surface area contributed by atoms with Gasteiger partial charge in [0.25, 0.3) is 0 Å². The molecule has 0 spiro atoms. The summed E-state index contributed by atoms with van der Waals surface area (Å²) in [4.78, 5) is 24.4. The summed E-state index contributed by atoms with van der Waals surface area (Å²) in [6.07, 6.45) is 12.9. The Kier molecular flexibility index (Phi) is 13.6. The lowest BCUT2D eigenvalue weighted by Gasteiger charge is -2.11. The van der Waals surface area contributed by atoms with Crippen molar-refractivity contribution in [1.29, 1.82) is 0 Å². The molecule has 7 heteroatoms. The fourth-order valence-electron chi connectivity index (χ4n) is 3.53. The van der Waals surface area contributed by atoms with Gasteiger partial charge in [-0.2, -0.15) is 5.10 Å². The monoisotopic (exact) mass is 500 g/mol. The van der Waals surface area contributed by atoms with Crippen LogP contribution in [0, 0.1) is 0 Å². The molecule has 0 heterocycles. The first kappa shape index (κ1) is 28.4. The highest BCUT2D eigenvalue weighted by Crippen LogP contribution is 2.29. The van der Waals surface area contributed by atoms with Crippen molar-refractivity contribution in [3.05, 3.63) is 58.6 Å². The van der Waals surface area contributed by atoms with Gasteiger partial charge in [0.2, 0.25) is 5.91 Å². The van der Waals surface area contributed by atoms with E-state index in [1.165, 1.54) is 44.9 Å². The van der Waals surface area contributed by atoms with Crippen molar-refractivity contribution < 1.29 is 19.1 Å². The highest BCUT2D eigenvalue weighted by atomic mass is 35.5. The van der Waals surface area contributed by atoms with E-state index in [9.17, 15) is 9.59 Å². The van der Waals surface area contributed by atoms with E-state index in [-0.39, 0.29) is 5.91 Å². The minimum absolute atomic E-state index is 0.0947. The predicted octanol–water partition coefficient (Wildman–Crippen LogP) is 7.33. The molecule has 190 valence electrons. The van der Waals surface area contributed by atoms with Crippen LogP contribution in [0.3, 0.4) is 0 Å². The molecule has 0 unspecified atom stereocenters. The van der Waals surface area contributed by atoms with Crippen LogP contribution in [-0.2, 0) is 4.79 Å². The number of amides is 1. The fourth-order valence-corrected chi connectivity index (χ4v) is 3.66. The molecule has 0 aliphatic carbocycles. The van der Waals surface area contributed by atoms with Crippen LogP contribution in [0.25, 0.3) is 0 Å². The van der Waals surface area contributed by atoms with Crippen LogP contribution in [0.15, 0.2) is 47.6 Å². The molecule has 0 radical (unpaired) electrons. The van der Waals surface area contributed by atoms with Crippen LogP contribution < -0.4 is 14.9 Å². The second kappa shape index (κ2) is 16.7. The van der Waals surface area contributed by atoms with Crippen LogP contribution in [0.4, 0.5) is 0 Å². The number of carbonyl (C=O) groups is 2. The molecule has 0 aliphatic heterocycles. The smallest absolute Gasteiger partial charge is 0.343 e. The molecular weight excluding hydrogens is 464 g/mol. The Bertz CT molecular complexity index is 944. The molecule has 35 heavy (non-hydrogen) atoms. The number of nitrogens with zero attached hydrogens (tertiary/aromatic N) is 1. The Labute approximate surface area is 214 Å². The molecule has 0 saturated carbocycles. The normalized spacial score (nSPS) is 10.9. The van der Waals surface area contributed by atoms with Gasteiger partial charge in [0, 0.05) is 11.4 Å². The number of unbranched alkanes of at least 4 members (excludes halogenated alkanes) is 8. The van der Waals surface area contributed by atoms with Crippen molar-refractivity contribution in [2.24, 2.45) is 5.10 Å². The average Bonchev–Trinajstić information content (AvgIpc) is 2.85. The van der Waals surface area contributed by atoms with Gasteiger partial charge in [-0.15, -0.1) is 0 Å². The molecule has 0 aliphatic rings. The molecular formula is C28H37ClN2O4. The third kappa shape index (κ3) is 11.4. The predicted molar refractivity (Wildman–Crippen MR) is 142 cm³/mol. The molecule has 1 N–H and O–H groups in total.